The Balaban J connectivity index is 1.62. The van der Waals surface area contributed by atoms with Crippen LogP contribution in [0.5, 0.6) is 11.5 Å². The number of anilines is 1. The number of halogens is 1. The molecule has 3 aromatic rings. The number of benzene rings is 2. The summed E-state index contributed by atoms with van der Waals surface area (Å²) in [5.74, 6) is 1.54. The molecule has 2 aromatic carbocycles. The minimum atomic E-state index is -0.162. The van der Waals surface area contributed by atoms with E-state index < -0.39 is 0 Å². The fourth-order valence-electron chi connectivity index (χ4n) is 2.17. The van der Waals surface area contributed by atoms with Crippen LogP contribution in [0.25, 0.3) is 11.5 Å². The molecule has 7 nitrogen and oxygen atoms in total. The maximum atomic E-state index is 12.0. The van der Waals surface area contributed by atoms with Crippen molar-refractivity contribution >= 4 is 39.3 Å². The van der Waals surface area contributed by atoms with Gasteiger partial charge in [0.2, 0.25) is 11.8 Å². The van der Waals surface area contributed by atoms with Crippen LogP contribution < -0.4 is 14.8 Å². The topological polar surface area (TPSA) is 86.5 Å². The summed E-state index contributed by atoms with van der Waals surface area (Å²) < 4.78 is 17.1. The Hall–Kier alpha value is -2.52. The minimum absolute atomic E-state index is 0.152. The fourth-order valence-corrected chi connectivity index (χ4v) is 3.00. The van der Waals surface area contributed by atoms with E-state index >= 15 is 0 Å². The number of hydrogen-bond acceptors (Lipinski definition) is 7. The van der Waals surface area contributed by atoms with E-state index in [-0.39, 0.29) is 11.7 Å². The van der Waals surface area contributed by atoms with E-state index in [1.165, 1.54) is 0 Å². The summed E-state index contributed by atoms with van der Waals surface area (Å²) >= 11 is 4.51. The number of aromatic nitrogens is 2. The third-order valence-corrected chi connectivity index (χ3v) is 4.81. The standard InChI is InChI=1S/C18H16BrN3O4S/c1-24-14-7-11(8-15(9-14)25-2)17-21-22-18(26-17)27-10-16(23)20-13-5-3-12(19)4-6-13/h3-9H,10H2,1-2H3,(H,20,23). The highest BCUT2D eigenvalue weighted by Crippen LogP contribution is 2.30. The zero-order valence-electron chi connectivity index (χ0n) is 14.6. The molecule has 9 heteroatoms. The smallest absolute Gasteiger partial charge is 0.277 e. The second-order valence-corrected chi connectivity index (χ2v) is 7.16. The van der Waals surface area contributed by atoms with Gasteiger partial charge in [0.1, 0.15) is 11.5 Å². The monoisotopic (exact) mass is 449 g/mol. The van der Waals surface area contributed by atoms with Crippen molar-refractivity contribution in [2.24, 2.45) is 0 Å². The molecule has 0 aliphatic rings. The number of rotatable bonds is 7. The molecule has 0 atom stereocenters. The fraction of sp³-hybridized carbons (Fsp3) is 0.167. The average Bonchev–Trinajstić information content (AvgIpc) is 3.17. The Morgan fingerprint density at radius 2 is 1.78 bits per heavy atom. The Bertz CT molecular complexity index is 908. The molecule has 140 valence electrons. The molecule has 1 heterocycles. The summed E-state index contributed by atoms with van der Waals surface area (Å²) in [7, 11) is 3.13. The normalized spacial score (nSPS) is 10.5. The average molecular weight is 450 g/mol. The third kappa shape index (κ3) is 5.24. The molecular weight excluding hydrogens is 434 g/mol. The van der Waals surface area contributed by atoms with Gasteiger partial charge in [0.15, 0.2) is 0 Å². The van der Waals surface area contributed by atoms with Crippen LogP contribution in [0.2, 0.25) is 0 Å². The van der Waals surface area contributed by atoms with Crippen LogP contribution in [-0.4, -0.2) is 36.1 Å². The first-order valence-corrected chi connectivity index (χ1v) is 9.60. The van der Waals surface area contributed by atoms with Gasteiger partial charge in [-0.15, -0.1) is 10.2 Å². The zero-order valence-corrected chi connectivity index (χ0v) is 17.0. The Morgan fingerprint density at radius 1 is 1.11 bits per heavy atom. The van der Waals surface area contributed by atoms with Gasteiger partial charge in [0, 0.05) is 21.8 Å². The third-order valence-electron chi connectivity index (χ3n) is 3.46. The predicted molar refractivity (Wildman–Crippen MR) is 106 cm³/mol. The van der Waals surface area contributed by atoms with Gasteiger partial charge in [-0.3, -0.25) is 4.79 Å². The number of hydrogen-bond donors (Lipinski definition) is 1. The maximum absolute atomic E-state index is 12.0. The molecule has 1 amide bonds. The van der Waals surface area contributed by atoms with Crippen LogP contribution >= 0.6 is 27.7 Å². The predicted octanol–water partition coefficient (Wildman–Crippen LogP) is 4.25. The van der Waals surface area contributed by atoms with Crippen molar-refractivity contribution in [2.45, 2.75) is 5.22 Å². The molecule has 0 saturated carbocycles. The molecule has 1 aromatic heterocycles. The first-order chi connectivity index (χ1) is 13.1. The number of thioether (sulfide) groups is 1. The highest BCUT2D eigenvalue weighted by atomic mass is 79.9. The van der Waals surface area contributed by atoms with Crippen LogP contribution in [0.15, 0.2) is 56.6 Å². The van der Waals surface area contributed by atoms with Gasteiger partial charge >= 0.3 is 0 Å². The van der Waals surface area contributed by atoms with Gasteiger partial charge in [-0.05, 0) is 36.4 Å². The summed E-state index contributed by atoms with van der Waals surface area (Å²) in [6.45, 7) is 0. The van der Waals surface area contributed by atoms with E-state index in [4.69, 9.17) is 13.9 Å². The molecule has 0 aliphatic carbocycles. The van der Waals surface area contributed by atoms with E-state index in [0.717, 1.165) is 21.9 Å². The maximum Gasteiger partial charge on any atom is 0.277 e. The summed E-state index contributed by atoms with van der Waals surface area (Å²) in [5, 5.41) is 11.1. The van der Waals surface area contributed by atoms with Crippen molar-refractivity contribution in [3.05, 3.63) is 46.9 Å². The number of amides is 1. The molecule has 3 rings (SSSR count). The highest BCUT2D eigenvalue weighted by molar-refractivity contribution is 9.10. The molecule has 0 spiro atoms. The van der Waals surface area contributed by atoms with E-state index in [9.17, 15) is 4.79 Å². The number of methoxy groups -OCH3 is 2. The van der Waals surface area contributed by atoms with Crippen LogP contribution in [0, 0.1) is 0 Å². The van der Waals surface area contributed by atoms with E-state index in [1.54, 1.807) is 32.4 Å². The summed E-state index contributed by atoms with van der Waals surface area (Å²) in [6.07, 6.45) is 0. The molecule has 0 aliphatic heterocycles. The van der Waals surface area contributed by atoms with Crippen LogP contribution in [0.3, 0.4) is 0 Å². The van der Waals surface area contributed by atoms with Crippen molar-refractivity contribution in [3.8, 4) is 23.0 Å². The van der Waals surface area contributed by atoms with E-state index in [1.807, 2.05) is 24.3 Å². The van der Waals surface area contributed by atoms with E-state index in [2.05, 4.69) is 31.4 Å². The zero-order chi connectivity index (χ0) is 19.2. The lowest BCUT2D eigenvalue weighted by Gasteiger charge is -2.05. The van der Waals surface area contributed by atoms with Crippen molar-refractivity contribution in [3.63, 3.8) is 0 Å². The van der Waals surface area contributed by atoms with Gasteiger partial charge in [-0.2, -0.15) is 0 Å². The summed E-state index contributed by atoms with van der Waals surface area (Å²) in [6, 6.07) is 12.6. The second-order valence-electron chi connectivity index (χ2n) is 5.32. The molecule has 1 N–H and O–H groups in total. The Morgan fingerprint density at radius 3 is 2.41 bits per heavy atom. The lowest BCUT2D eigenvalue weighted by molar-refractivity contribution is -0.113. The van der Waals surface area contributed by atoms with Crippen molar-refractivity contribution in [1.82, 2.24) is 10.2 Å². The lowest BCUT2D eigenvalue weighted by Crippen LogP contribution is -2.13. The van der Waals surface area contributed by atoms with Crippen LogP contribution in [-0.2, 0) is 4.79 Å². The van der Waals surface area contributed by atoms with E-state index in [0.29, 0.717) is 28.2 Å². The van der Waals surface area contributed by atoms with Crippen LogP contribution in [0.4, 0.5) is 5.69 Å². The van der Waals surface area contributed by atoms with Crippen LogP contribution in [0.1, 0.15) is 0 Å². The Labute approximate surface area is 168 Å². The first-order valence-electron chi connectivity index (χ1n) is 7.82. The molecular formula is C18H16BrN3O4S. The van der Waals surface area contributed by atoms with Crippen molar-refractivity contribution in [2.75, 3.05) is 25.3 Å². The number of nitrogens with zero attached hydrogens (tertiary/aromatic N) is 2. The highest BCUT2D eigenvalue weighted by Gasteiger charge is 2.13. The number of carbonyl (C=O) groups excluding carboxylic acids is 1. The molecule has 0 fully saturated rings. The number of carbonyl (C=O) groups is 1. The quantitative estimate of drug-likeness (QED) is 0.539. The lowest BCUT2D eigenvalue weighted by atomic mass is 10.2. The first kappa shape index (κ1) is 19.2. The SMILES string of the molecule is COc1cc(OC)cc(-c2nnc(SCC(=O)Nc3ccc(Br)cc3)o2)c1. The molecule has 0 unspecified atom stereocenters. The molecule has 0 radical (unpaired) electrons. The largest absolute Gasteiger partial charge is 0.497 e. The Kier molecular flexibility index (Phi) is 6.36. The van der Waals surface area contributed by atoms with Gasteiger partial charge in [-0.1, -0.05) is 27.7 Å². The second kappa shape index (κ2) is 8.92. The summed E-state index contributed by atoms with van der Waals surface area (Å²) in [4.78, 5) is 12.0. The molecule has 27 heavy (non-hydrogen) atoms. The van der Waals surface area contributed by atoms with Gasteiger partial charge in [-0.25, -0.2) is 0 Å². The molecule has 0 bridgehead atoms. The number of nitrogens with one attached hydrogen (secondary N) is 1. The summed E-state index contributed by atoms with van der Waals surface area (Å²) in [5.41, 5.74) is 1.39. The van der Waals surface area contributed by atoms with Gasteiger partial charge < -0.3 is 19.2 Å². The number of ether oxygens (including phenoxy) is 2. The van der Waals surface area contributed by atoms with Gasteiger partial charge in [0.05, 0.1) is 20.0 Å². The van der Waals surface area contributed by atoms with Crippen molar-refractivity contribution < 1.29 is 18.7 Å². The molecule has 0 saturated heterocycles. The minimum Gasteiger partial charge on any atom is -0.497 e. The van der Waals surface area contributed by atoms with Gasteiger partial charge in [0.25, 0.3) is 5.22 Å². The van der Waals surface area contributed by atoms with Crippen molar-refractivity contribution in [1.29, 1.82) is 0 Å².